The van der Waals surface area contributed by atoms with Gasteiger partial charge in [-0.3, -0.25) is 0 Å². The van der Waals surface area contributed by atoms with E-state index in [4.69, 9.17) is 16.3 Å². The zero-order valence-electron chi connectivity index (χ0n) is 13.1. The lowest BCUT2D eigenvalue weighted by Gasteiger charge is -2.11. The maximum atomic E-state index is 12.7. The van der Waals surface area contributed by atoms with E-state index in [-0.39, 0.29) is 24.0 Å². The molecule has 1 aromatic heterocycles. The molecule has 1 heterocycles. The number of benzene rings is 1. The smallest absolute Gasteiger partial charge is 0.398 e. The predicted molar refractivity (Wildman–Crippen MR) is 89.2 cm³/mol. The third-order valence-electron chi connectivity index (χ3n) is 2.89. The van der Waals surface area contributed by atoms with Gasteiger partial charge in [0.15, 0.2) is 0 Å². The first-order valence-corrected chi connectivity index (χ1v) is 8.57. The summed E-state index contributed by atoms with van der Waals surface area (Å²) >= 11 is 6.45. The SMILES string of the molecule is FC(F)c1ncnc(NCCOc2cccc(SCC(F)(F)F)c2)c1Cl. The molecular formula is C15H13ClF5N3OS. The first kappa shape index (κ1) is 20.5. The van der Waals surface area contributed by atoms with Gasteiger partial charge in [0.25, 0.3) is 6.43 Å². The zero-order chi connectivity index (χ0) is 19.2. The second-order valence-electron chi connectivity index (χ2n) is 4.88. The Morgan fingerprint density at radius 1 is 1.23 bits per heavy atom. The highest BCUT2D eigenvalue weighted by molar-refractivity contribution is 7.99. The molecule has 0 bridgehead atoms. The minimum Gasteiger partial charge on any atom is -0.492 e. The van der Waals surface area contributed by atoms with Crippen LogP contribution in [0.4, 0.5) is 27.8 Å². The number of rotatable bonds is 8. The van der Waals surface area contributed by atoms with Gasteiger partial charge in [-0.15, -0.1) is 11.8 Å². The van der Waals surface area contributed by atoms with Crippen LogP contribution in [0.25, 0.3) is 0 Å². The largest absolute Gasteiger partial charge is 0.492 e. The number of ether oxygens (including phenoxy) is 1. The molecule has 0 unspecified atom stereocenters. The number of anilines is 1. The first-order valence-electron chi connectivity index (χ1n) is 7.21. The second kappa shape index (κ2) is 9.22. The van der Waals surface area contributed by atoms with Crippen LogP contribution in [-0.4, -0.2) is 35.0 Å². The normalized spacial score (nSPS) is 11.7. The molecule has 1 aromatic carbocycles. The fraction of sp³-hybridized carbons (Fsp3) is 0.333. The minimum absolute atomic E-state index is 0.0510. The molecule has 2 aromatic rings. The van der Waals surface area contributed by atoms with Crippen LogP contribution in [0.3, 0.4) is 0 Å². The molecule has 4 nitrogen and oxygen atoms in total. The van der Waals surface area contributed by atoms with Crippen molar-refractivity contribution in [1.82, 2.24) is 9.97 Å². The summed E-state index contributed by atoms with van der Waals surface area (Å²) in [5, 5.41) is 2.47. The van der Waals surface area contributed by atoms with E-state index in [0.717, 1.165) is 6.33 Å². The van der Waals surface area contributed by atoms with Crippen LogP contribution in [0.15, 0.2) is 35.5 Å². The molecule has 26 heavy (non-hydrogen) atoms. The van der Waals surface area contributed by atoms with Crippen LogP contribution < -0.4 is 10.1 Å². The van der Waals surface area contributed by atoms with Gasteiger partial charge in [0.1, 0.15) is 35.2 Å². The monoisotopic (exact) mass is 413 g/mol. The third-order valence-corrected chi connectivity index (χ3v) is 4.33. The summed E-state index contributed by atoms with van der Waals surface area (Å²) in [5.41, 5.74) is -0.570. The van der Waals surface area contributed by atoms with Crippen LogP contribution in [0.2, 0.25) is 5.02 Å². The quantitative estimate of drug-likeness (QED) is 0.365. The van der Waals surface area contributed by atoms with E-state index in [2.05, 4.69) is 15.3 Å². The van der Waals surface area contributed by atoms with E-state index in [1.165, 1.54) is 6.07 Å². The molecule has 1 N–H and O–H groups in total. The van der Waals surface area contributed by atoms with Crippen LogP contribution in [-0.2, 0) is 0 Å². The Bertz CT molecular complexity index is 733. The van der Waals surface area contributed by atoms with Gasteiger partial charge in [0.2, 0.25) is 0 Å². The van der Waals surface area contributed by atoms with Gasteiger partial charge in [0.05, 0.1) is 12.3 Å². The molecule has 0 saturated carbocycles. The standard InChI is InChI=1S/C15H13ClF5N3OS/c16-11-12(13(17)18)23-8-24-14(11)22-4-5-25-9-2-1-3-10(6-9)26-7-15(19,20)21/h1-3,6,8,13H,4-5,7H2,(H,22,23,24). The van der Waals surface area contributed by atoms with Gasteiger partial charge >= 0.3 is 6.18 Å². The number of hydrogen-bond acceptors (Lipinski definition) is 5. The molecule has 0 radical (unpaired) electrons. The topological polar surface area (TPSA) is 47.0 Å². The number of alkyl halides is 5. The third kappa shape index (κ3) is 6.49. The summed E-state index contributed by atoms with van der Waals surface area (Å²) < 4.78 is 67.5. The van der Waals surface area contributed by atoms with Gasteiger partial charge in [-0.25, -0.2) is 18.7 Å². The summed E-state index contributed by atoms with van der Waals surface area (Å²) in [4.78, 5) is 7.61. The minimum atomic E-state index is -4.25. The Kier molecular flexibility index (Phi) is 7.27. The number of thioether (sulfide) groups is 1. The van der Waals surface area contributed by atoms with Crippen LogP contribution in [0.1, 0.15) is 12.1 Å². The maximum Gasteiger partial charge on any atom is 0.398 e. The van der Waals surface area contributed by atoms with E-state index in [9.17, 15) is 22.0 Å². The van der Waals surface area contributed by atoms with E-state index >= 15 is 0 Å². The molecule has 0 amide bonds. The Morgan fingerprint density at radius 2 is 2.00 bits per heavy atom. The molecule has 0 aliphatic rings. The van der Waals surface area contributed by atoms with Gasteiger partial charge in [-0.1, -0.05) is 17.7 Å². The summed E-state index contributed by atoms with van der Waals surface area (Å²) in [6.45, 7) is 0.317. The zero-order valence-corrected chi connectivity index (χ0v) is 14.6. The number of nitrogens with zero attached hydrogens (tertiary/aromatic N) is 2. The van der Waals surface area contributed by atoms with Crippen molar-refractivity contribution in [3.63, 3.8) is 0 Å². The van der Waals surface area contributed by atoms with Gasteiger partial charge in [0, 0.05) is 4.90 Å². The van der Waals surface area contributed by atoms with Crippen molar-refractivity contribution in [2.75, 3.05) is 24.2 Å². The molecule has 0 atom stereocenters. The summed E-state index contributed by atoms with van der Waals surface area (Å²) in [6.07, 6.45) is -6.10. The number of aromatic nitrogens is 2. The Balaban J connectivity index is 1.84. The molecule has 142 valence electrons. The van der Waals surface area contributed by atoms with Gasteiger partial charge < -0.3 is 10.1 Å². The summed E-state index contributed by atoms with van der Waals surface area (Å²) in [5.74, 6) is -0.549. The molecular weight excluding hydrogens is 401 g/mol. The average Bonchev–Trinajstić information content (AvgIpc) is 2.58. The van der Waals surface area contributed by atoms with Crippen LogP contribution >= 0.6 is 23.4 Å². The molecule has 0 aliphatic carbocycles. The molecule has 0 aliphatic heterocycles. The highest BCUT2D eigenvalue weighted by atomic mass is 35.5. The van der Waals surface area contributed by atoms with E-state index in [0.29, 0.717) is 22.4 Å². The van der Waals surface area contributed by atoms with Crippen molar-refractivity contribution in [2.45, 2.75) is 17.5 Å². The van der Waals surface area contributed by atoms with Gasteiger partial charge in [-0.2, -0.15) is 13.2 Å². The van der Waals surface area contributed by atoms with Crippen molar-refractivity contribution >= 4 is 29.2 Å². The van der Waals surface area contributed by atoms with Crippen molar-refractivity contribution in [2.24, 2.45) is 0 Å². The fourth-order valence-corrected chi connectivity index (χ4v) is 2.77. The molecule has 0 spiro atoms. The molecule has 11 heteroatoms. The maximum absolute atomic E-state index is 12.7. The first-order chi connectivity index (χ1) is 12.3. The second-order valence-corrected chi connectivity index (χ2v) is 6.30. The fourth-order valence-electron chi connectivity index (χ4n) is 1.82. The Morgan fingerprint density at radius 3 is 2.69 bits per heavy atom. The van der Waals surface area contributed by atoms with Gasteiger partial charge in [-0.05, 0) is 18.2 Å². The van der Waals surface area contributed by atoms with E-state index in [1.807, 2.05) is 0 Å². The number of halogens is 6. The molecule has 0 fully saturated rings. The molecule has 0 saturated heterocycles. The number of nitrogens with one attached hydrogen (secondary N) is 1. The number of hydrogen-bond donors (Lipinski definition) is 1. The lowest BCUT2D eigenvalue weighted by atomic mass is 10.3. The van der Waals surface area contributed by atoms with Crippen molar-refractivity contribution < 1.29 is 26.7 Å². The Hall–Kier alpha value is -1.81. The Labute approximate surface area is 155 Å². The molecule has 2 rings (SSSR count). The lowest BCUT2D eigenvalue weighted by Crippen LogP contribution is -2.13. The van der Waals surface area contributed by atoms with Crippen LogP contribution in [0.5, 0.6) is 5.75 Å². The highest BCUT2D eigenvalue weighted by Crippen LogP contribution is 2.30. The highest BCUT2D eigenvalue weighted by Gasteiger charge is 2.27. The summed E-state index contributed by atoms with van der Waals surface area (Å²) in [7, 11) is 0. The van der Waals surface area contributed by atoms with E-state index in [1.54, 1.807) is 18.2 Å². The lowest BCUT2D eigenvalue weighted by molar-refractivity contribution is -0.105. The van der Waals surface area contributed by atoms with Crippen molar-refractivity contribution in [1.29, 1.82) is 0 Å². The average molecular weight is 414 g/mol. The summed E-state index contributed by atoms with van der Waals surface area (Å²) in [6, 6.07) is 6.22. The van der Waals surface area contributed by atoms with Crippen molar-refractivity contribution in [3.8, 4) is 5.75 Å². The van der Waals surface area contributed by atoms with Crippen LogP contribution in [0, 0.1) is 0 Å². The van der Waals surface area contributed by atoms with E-state index < -0.39 is 24.0 Å². The van der Waals surface area contributed by atoms with Crippen molar-refractivity contribution in [3.05, 3.63) is 41.3 Å². The predicted octanol–water partition coefficient (Wildman–Crippen LogP) is 5.21.